The van der Waals surface area contributed by atoms with E-state index in [2.05, 4.69) is 0 Å². The Kier molecular flexibility index (Phi) is 3.13. The molecule has 0 bridgehead atoms. The van der Waals surface area contributed by atoms with Crippen LogP contribution in [-0.4, -0.2) is 10.2 Å². The average Bonchev–Trinajstić information content (AvgIpc) is 2.48. The molecule has 98 valence electrons. The minimum atomic E-state index is 0.246. The van der Waals surface area contributed by atoms with Crippen molar-refractivity contribution in [2.45, 2.75) is 0 Å². The Morgan fingerprint density at radius 2 is 1.45 bits per heavy atom. The van der Waals surface area contributed by atoms with E-state index >= 15 is 0 Å². The van der Waals surface area contributed by atoms with E-state index in [1.165, 1.54) is 0 Å². The molecule has 0 aliphatic rings. The molecule has 0 saturated heterocycles. The summed E-state index contributed by atoms with van der Waals surface area (Å²) in [6.07, 6.45) is 3.81. The Balaban J connectivity index is 2.06. The number of phenols is 2. The van der Waals surface area contributed by atoms with Crippen LogP contribution in [0.5, 0.6) is 11.5 Å². The number of rotatable bonds is 2. The molecule has 3 rings (SSSR count). The van der Waals surface area contributed by atoms with Crippen LogP contribution in [0, 0.1) is 0 Å². The van der Waals surface area contributed by atoms with Crippen molar-refractivity contribution in [3.8, 4) is 11.5 Å². The van der Waals surface area contributed by atoms with Crippen molar-refractivity contribution in [1.29, 1.82) is 0 Å². The maximum absolute atomic E-state index is 10.0. The van der Waals surface area contributed by atoms with Crippen LogP contribution in [-0.2, 0) is 0 Å². The first-order valence-corrected chi connectivity index (χ1v) is 6.42. The van der Waals surface area contributed by atoms with Crippen LogP contribution in [0.3, 0.4) is 0 Å². The normalized spacial score (nSPS) is 11.2. The highest BCUT2D eigenvalue weighted by molar-refractivity contribution is 5.95. The third kappa shape index (κ3) is 2.36. The van der Waals surface area contributed by atoms with E-state index in [-0.39, 0.29) is 11.5 Å². The largest absolute Gasteiger partial charge is 0.508 e. The van der Waals surface area contributed by atoms with E-state index in [1.807, 2.05) is 54.6 Å². The van der Waals surface area contributed by atoms with Crippen molar-refractivity contribution in [2.24, 2.45) is 0 Å². The van der Waals surface area contributed by atoms with Gasteiger partial charge in [-0.05, 0) is 34.5 Å². The molecule has 0 fully saturated rings. The Labute approximate surface area is 117 Å². The number of benzene rings is 3. The van der Waals surface area contributed by atoms with Gasteiger partial charge in [0.1, 0.15) is 11.5 Å². The van der Waals surface area contributed by atoms with Crippen molar-refractivity contribution in [3.63, 3.8) is 0 Å². The highest BCUT2D eigenvalue weighted by Crippen LogP contribution is 2.28. The lowest BCUT2D eigenvalue weighted by atomic mass is 10.0. The second-order valence-electron chi connectivity index (χ2n) is 4.64. The van der Waals surface area contributed by atoms with Gasteiger partial charge in [-0.3, -0.25) is 0 Å². The van der Waals surface area contributed by atoms with Crippen molar-refractivity contribution >= 4 is 22.9 Å². The minimum absolute atomic E-state index is 0.246. The van der Waals surface area contributed by atoms with Gasteiger partial charge in [-0.15, -0.1) is 0 Å². The average molecular weight is 262 g/mol. The summed E-state index contributed by atoms with van der Waals surface area (Å²) < 4.78 is 0. The fraction of sp³-hybridized carbons (Fsp3) is 0. The molecule has 0 aliphatic carbocycles. The van der Waals surface area contributed by atoms with Crippen LogP contribution in [0.15, 0.2) is 60.7 Å². The van der Waals surface area contributed by atoms with Gasteiger partial charge in [0.2, 0.25) is 0 Å². The summed E-state index contributed by atoms with van der Waals surface area (Å²) in [5, 5.41) is 21.4. The van der Waals surface area contributed by atoms with Gasteiger partial charge in [-0.25, -0.2) is 0 Å². The summed E-state index contributed by atoms with van der Waals surface area (Å²) in [6.45, 7) is 0. The molecule has 0 heterocycles. The third-order valence-electron chi connectivity index (χ3n) is 3.28. The zero-order valence-electron chi connectivity index (χ0n) is 10.8. The molecule has 2 N–H and O–H groups in total. The molecule has 3 aromatic carbocycles. The van der Waals surface area contributed by atoms with E-state index in [0.29, 0.717) is 0 Å². The van der Waals surface area contributed by atoms with E-state index in [0.717, 1.165) is 21.9 Å². The highest BCUT2D eigenvalue weighted by Gasteiger charge is 2.03. The van der Waals surface area contributed by atoms with Gasteiger partial charge in [0.05, 0.1) is 0 Å². The summed E-state index contributed by atoms with van der Waals surface area (Å²) in [7, 11) is 0. The fourth-order valence-electron chi connectivity index (χ4n) is 2.22. The standard InChI is InChI=1S/C18H14O2/c19-15-9-5-13(6-10-15)7-11-17-16-4-2-1-3-14(16)8-12-18(17)20/h1-12,19-20H/b11-7+. The monoisotopic (exact) mass is 262 g/mol. The lowest BCUT2D eigenvalue weighted by Crippen LogP contribution is -1.80. The molecular formula is C18H14O2. The molecule has 3 aromatic rings. The Hall–Kier alpha value is -2.74. The van der Waals surface area contributed by atoms with Crippen molar-refractivity contribution in [1.82, 2.24) is 0 Å². The highest BCUT2D eigenvalue weighted by atomic mass is 16.3. The van der Waals surface area contributed by atoms with Crippen molar-refractivity contribution in [2.75, 3.05) is 0 Å². The van der Waals surface area contributed by atoms with Gasteiger partial charge in [0, 0.05) is 5.56 Å². The molecule has 0 unspecified atom stereocenters. The predicted molar refractivity (Wildman–Crippen MR) is 82.6 cm³/mol. The summed E-state index contributed by atoms with van der Waals surface area (Å²) in [5.74, 6) is 0.508. The Morgan fingerprint density at radius 3 is 2.25 bits per heavy atom. The van der Waals surface area contributed by atoms with Gasteiger partial charge in [-0.2, -0.15) is 0 Å². The third-order valence-corrected chi connectivity index (χ3v) is 3.28. The molecule has 0 amide bonds. The summed E-state index contributed by atoms with van der Waals surface area (Å²) in [6, 6.07) is 18.5. The Morgan fingerprint density at radius 1 is 0.700 bits per heavy atom. The summed E-state index contributed by atoms with van der Waals surface area (Å²) in [4.78, 5) is 0. The molecule has 20 heavy (non-hydrogen) atoms. The van der Waals surface area contributed by atoms with Crippen molar-refractivity contribution in [3.05, 3.63) is 71.8 Å². The first kappa shape index (κ1) is 12.3. The molecule has 2 nitrogen and oxygen atoms in total. The van der Waals surface area contributed by atoms with Crippen LogP contribution < -0.4 is 0 Å². The van der Waals surface area contributed by atoms with Crippen LogP contribution in [0.1, 0.15) is 11.1 Å². The van der Waals surface area contributed by atoms with Gasteiger partial charge >= 0.3 is 0 Å². The van der Waals surface area contributed by atoms with Crippen LogP contribution in [0.2, 0.25) is 0 Å². The quantitative estimate of drug-likeness (QED) is 0.671. The maximum Gasteiger partial charge on any atom is 0.123 e. The minimum Gasteiger partial charge on any atom is -0.508 e. The first-order chi connectivity index (χ1) is 9.74. The fourth-order valence-corrected chi connectivity index (χ4v) is 2.22. The van der Waals surface area contributed by atoms with Crippen LogP contribution in [0.25, 0.3) is 22.9 Å². The maximum atomic E-state index is 10.0. The van der Waals surface area contributed by atoms with Gasteiger partial charge in [0.25, 0.3) is 0 Å². The lowest BCUT2D eigenvalue weighted by Gasteiger charge is -2.05. The number of hydrogen-bond donors (Lipinski definition) is 2. The molecule has 0 aliphatic heterocycles. The second kappa shape index (κ2) is 5.10. The lowest BCUT2D eigenvalue weighted by molar-refractivity contribution is 0.474. The number of phenolic OH excluding ortho intramolecular Hbond substituents is 2. The molecule has 0 aromatic heterocycles. The molecule has 0 atom stereocenters. The smallest absolute Gasteiger partial charge is 0.123 e. The molecular weight excluding hydrogens is 248 g/mol. The second-order valence-corrected chi connectivity index (χ2v) is 4.64. The zero-order valence-corrected chi connectivity index (χ0v) is 10.8. The van der Waals surface area contributed by atoms with E-state index < -0.39 is 0 Å². The van der Waals surface area contributed by atoms with Crippen LogP contribution in [0.4, 0.5) is 0 Å². The predicted octanol–water partition coefficient (Wildman–Crippen LogP) is 4.42. The molecule has 0 radical (unpaired) electrons. The number of fused-ring (bicyclic) bond motifs is 1. The van der Waals surface area contributed by atoms with Crippen molar-refractivity contribution < 1.29 is 10.2 Å². The van der Waals surface area contributed by atoms with Crippen LogP contribution >= 0.6 is 0 Å². The SMILES string of the molecule is Oc1ccc(/C=C/c2c(O)ccc3ccccc23)cc1. The molecule has 2 heteroatoms. The first-order valence-electron chi connectivity index (χ1n) is 6.42. The van der Waals surface area contributed by atoms with Gasteiger partial charge in [-0.1, -0.05) is 54.6 Å². The zero-order chi connectivity index (χ0) is 13.9. The topological polar surface area (TPSA) is 40.5 Å². The van der Waals surface area contributed by atoms with Gasteiger partial charge < -0.3 is 10.2 Å². The molecule has 0 spiro atoms. The molecule has 0 saturated carbocycles. The number of aromatic hydroxyl groups is 2. The van der Waals surface area contributed by atoms with E-state index in [4.69, 9.17) is 0 Å². The Bertz CT molecular complexity index is 771. The summed E-state index contributed by atoms with van der Waals surface area (Å²) in [5.41, 5.74) is 1.77. The van der Waals surface area contributed by atoms with Gasteiger partial charge in [0.15, 0.2) is 0 Å². The number of hydrogen-bond acceptors (Lipinski definition) is 2. The van der Waals surface area contributed by atoms with E-state index in [1.54, 1.807) is 18.2 Å². The van der Waals surface area contributed by atoms with E-state index in [9.17, 15) is 10.2 Å². The summed E-state index contributed by atoms with van der Waals surface area (Å²) >= 11 is 0.